The fraction of sp³-hybridized carbons (Fsp3) is 0.923. The van der Waals surface area contributed by atoms with Crippen molar-refractivity contribution in [2.45, 2.75) is 44.6 Å². The molecule has 2 atom stereocenters. The lowest BCUT2D eigenvalue weighted by molar-refractivity contribution is 0.187. The first-order chi connectivity index (χ1) is 7.64. The predicted molar refractivity (Wildman–Crippen MR) is 67.1 cm³/mol. The van der Waals surface area contributed by atoms with E-state index in [-0.39, 0.29) is 5.54 Å². The third kappa shape index (κ3) is 3.20. The quantitative estimate of drug-likeness (QED) is 0.775. The molecule has 1 N–H and O–H groups in total. The normalized spacial score (nSPS) is 30.3. The van der Waals surface area contributed by atoms with Gasteiger partial charge in [-0.1, -0.05) is 26.2 Å². The zero-order valence-electron chi connectivity index (χ0n) is 10.9. The van der Waals surface area contributed by atoms with Crippen LogP contribution in [0.2, 0.25) is 0 Å². The lowest BCUT2D eigenvalue weighted by Gasteiger charge is -2.39. The van der Waals surface area contributed by atoms with E-state index in [0.717, 1.165) is 25.9 Å². The second-order valence-electron chi connectivity index (χ2n) is 5.16. The maximum Gasteiger partial charge on any atom is 0.109 e. The molecule has 0 bridgehead atoms. The van der Waals surface area contributed by atoms with Crippen molar-refractivity contribution >= 4 is 0 Å². The van der Waals surface area contributed by atoms with Crippen LogP contribution in [0.15, 0.2) is 0 Å². The monoisotopic (exact) mass is 223 g/mol. The van der Waals surface area contributed by atoms with Crippen molar-refractivity contribution in [3.8, 4) is 6.07 Å². The highest BCUT2D eigenvalue weighted by Crippen LogP contribution is 2.35. The molecule has 0 aliphatic heterocycles. The summed E-state index contributed by atoms with van der Waals surface area (Å²) in [7, 11) is 4.14. The van der Waals surface area contributed by atoms with Crippen LogP contribution < -0.4 is 5.32 Å². The average molecular weight is 223 g/mol. The molecule has 0 radical (unpaired) electrons. The fourth-order valence-electron chi connectivity index (χ4n) is 2.72. The number of nitrogens with one attached hydrogen (secondary N) is 1. The second kappa shape index (κ2) is 6.22. The van der Waals surface area contributed by atoms with Gasteiger partial charge in [0.25, 0.3) is 0 Å². The minimum Gasteiger partial charge on any atom is -0.308 e. The van der Waals surface area contributed by atoms with E-state index in [1.165, 1.54) is 19.3 Å². The largest absolute Gasteiger partial charge is 0.308 e. The molecule has 92 valence electrons. The van der Waals surface area contributed by atoms with Crippen LogP contribution >= 0.6 is 0 Å². The van der Waals surface area contributed by atoms with E-state index < -0.39 is 0 Å². The first kappa shape index (κ1) is 13.5. The Kier molecular flexibility index (Phi) is 5.24. The van der Waals surface area contributed by atoms with Gasteiger partial charge in [-0.05, 0) is 32.9 Å². The van der Waals surface area contributed by atoms with Gasteiger partial charge in [-0.2, -0.15) is 5.26 Å². The molecule has 0 amide bonds. The van der Waals surface area contributed by atoms with Crippen molar-refractivity contribution in [1.29, 1.82) is 5.26 Å². The van der Waals surface area contributed by atoms with Gasteiger partial charge >= 0.3 is 0 Å². The molecule has 0 aromatic heterocycles. The van der Waals surface area contributed by atoms with E-state index in [9.17, 15) is 5.26 Å². The molecule has 1 aliphatic rings. The highest BCUT2D eigenvalue weighted by molar-refractivity contribution is 5.12. The minimum atomic E-state index is -0.247. The van der Waals surface area contributed by atoms with E-state index in [1.54, 1.807) is 0 Å². The summed E-state index contributed by atoms with van der Waals surface area (Å²) in [5.41, 5.74) is -0.247. The first-order valence-electron chi connectivity index (χ1n) is 6.45. The van der Waals surface area contributed by atoms with Gasteiger partial charge < -0.3 is 4.90 Å². The summed E-state index contributed by atoms with van der Waals surface area (Å²) in [5, 5.41) is 13.0. The van der Waals surface area contributed by atoms with E-state index in [4.69, 9.17) is 0 Å². The predicted octanol–water partition coefficient (Wildman–Crippen LogP) is 2.00. The van der Waals surface area contributed by atoms with Gasteiger partial charge in [-0.15, -0.1) is 0 Å². The third-order valence-electron chi connectivity index (χ3n) is 3.76. The number of hydrogen-bond acceptors (Lipinski definition) is 3. The summed E-state index contributed by atoms with van der Waals surface area (Å²) in [6.07, 6.45) is 5.83. The Bertz CT molecular complexity index is 244. The number of likely N-dealkylation sites (N-methyl/N-ethyl adjacent to an activating group) is 1. The van der Waals surface area contributed by atoms with E-state index in [0.29, 0.717) is 5.92 Å². The van der Waals surface area contributed by atoms with Crippen LogP contribution in [0.3, 0.4) is 0 Å². The molecular formula is C13H25N3. The summed E-state index contributed by atoms with van der Waals surface area (Å²) in [6.45, 7) is 4.12. The third-order valence-corrected chi connectivity index (χ3v) is 3.76. The summed E-state index contributed by atoms with van der Waals surface area (Å²) >= 11 is 0. The second-order valence-corrected chi connectivity index (χ2v) is 5.16. The Labute approximate surface area is 99.8 Å². The van der Waals surface area contributed by atoms with E-state index >= 15 is 0 Å². The van der Waals surface area contributed by atoms with Crippen LogP contribution in [0.25, 0.3) is 0 Å². The molecule has 0 saturated heterocycles. The molecule has 0 spiro atoms. The Hall–Kier alpha value is -0.590. The van der Waals surface area contributed by atoms with Gasteiger partial charge in [0.15, 0.2) is 0 Å². The van der Waals surface area contributed by atoms with Gasteiger partial charge in [0.2, 0.25) is 0 Å². The lowest BCUT2D eigenvalue weighted by Crippen LogP contribution is -2.53. The number of nitrogens with zero attached hydrogens (tertiary/aromatic N) is 2. The SMILES string of the molecule is CCC1CCCCC1(C#N)NCCN(C)C. The van der Waals surface area contributed by atoms with Crippen LogP contribution in [-0.2, 0) is 0 Å². The molecule has 0 heterocycles. The van der Waals surface area contributed by atoms with Crippen molar-refractivity contribution in [1.82, 2.24) is 10.2 Å². The van der Waals surface area contributed by atoms with Gasteiger partial charge in [-0.3, -0.25) is 5.32 Å². The molecule has 16 heavy (non-hydrogen) atoms. The average Bonchev–Trinajstić information content (AvgIpc) is 2.29. The standard InChI is InChI=1S/C13H25N3/c1-4-12-7-5-6-8-13(12,11-14)15-9-10-16(2)3/h12,15H,4-10H2,1-3H3. The van der Waals surface area contributed by atoms with Crippen LogP contribution in [-0.4, -0.2) is 37.6 Å². The van der Waals surface area contributed by atoms with Crippen molar-refractivity contribution in [3.63, 3.8) is 0 Å². The molecule has 1 aliphatic carbocycles. The van der Waals surface area contributed by atoms with Gasteiger partial charge in [0.05, 0.1) is 6.07 Å². The van der Waals surface area contributed by atoms with Gasteiger partial charge in [-0.25, -0.2) is 0 Å². The van der Waals surface area contributed by atoms with Crippen LogP contribution in [0.4, 0.5) is 0 Å². The van der Waals surface area contributed by atoms with Crippen molar-refractivity contribution in [3.05, 3.63) is 0 Å². The highest BCUT2D eigenvalue weighted by atomic mass is 15.1. The fourth-order valence-corrected chi connectivity index (χ4v) is 2.72. The van der Waals surface area contributed by atoms with E-state index in [1.807, 2.05) is 0 Å². The smallest absolute Gasteiger partial charge is 0.109 e. The molecule has 1 saturated carbocycles. The molecule has 0 aromatic rings. The minimum absolute atomic E-state index is 0.247. The summed E-state index contributed by atoms with van der Waals surface area (Å²) < 4.78 is 0. The molecule has 0 aromatic carbocycles. The first-order valence-corrected chi connectivity index (χ1v) is 6.45. The van der Waals surface area contributed by atoms with Crippen LogP contribution in [0, 0.1) is 17.2 Å². The molecule has 1 rings (SSSR count). The Morgan fingerprint density at radius 3 is 2.75 bits per heavy atom. The molecule has 3 nitrogen and oxygen atoms in total. The maximum atomic E-state index is 9.48. The molecule has 1 fully saturated rings. The van der Waals surface area contributed by atoms with Gasteiger partial charge in [0.1, 0.15) is 5.54 Å². The summed E-state index contributed by atoms with van der Waals surface area (Å²) in [5.74, 6) is 0.536. The molecule has 3 heteroatoms. The summed E-state index contributed by atoms with van der Waals surface area (Å²) in [6, 6.07) is 2.56. The zero-order valence-corrected chi connectivity index (χ0v) is 10.9. The Balaban J connectivity index is 2.56. The Morgan fingerprint density at radius 1 is 1.44 bits per heavy atom. The highest BCUT2D eigenvalue weighted by Gasteiger charge is 2.39. The number of hydrogen-bond donors (Lipinski definition) is 1. The molecule has 2 unspecified atom stereocenters. The zero-order chi connectivity index (χ0) is 12.0. The van der Waals surface area contributed by atoms with Crippen molar-refractivity contribution < 1.29 is 0 Å². The van der Waals surface area contributed by atoms with Crippen LogP contribution in [0.5, 0.6) is 0 Å². The van der Waals surface area contributed by atoms with Crippen molar-refractivity contribution in [2.24, 2.45) is 5.92 Å². The van der Waals surface area contributed by atoms with Crippen LogP contribution in [0.1, 0.15) is 39.0 Å². The lowest BCUT2D eigenvalue weighted by atomic mass is 9.72. The number of rotatable bonds is 5. The molecular weight excluding hydrogens is 198 g/mol. The Morgan fingerprint density at radius 2 is 2.19 bits per heavy atom. The van der Waals surface area contributed by atoms with E-state index in [2.05, 4.69) is 37.3 Å². The van der Waals surface area contributed by atoms with Crippen molar-refractivity contribution in [2.75, 3.05) is 27.2 Å². The van der Waals surface area contributed by atoms with Gasteiger partial charge in [0, 0.05) is 13.1 Å². The maximum absolute atomic E-state index is 9.48. The topological polar surface area (TPSA) is 39.1 Å². The number of nitriles is 1. The summed E-state index contributed by atoms with van der Waals surface area (Å²) in [4.78, 5) is 2.15.